The maximum Gasteiger partial charge on any atom is 0.332 e. The van der Waals surface area contributed by atoms with Crippen molar-refractivity contribution in [3.8, 4) is 0 Å². The monoisotopic (exact) mass is 200 g/mol. The number of rotatable bonds is 3. The van der Waals surface area contributed by atoms with Crippen LogP contribution in [0.25, 0.3) is 0 Å². The topological polar surface area (TPSA) is 57.5 Å². The number of carboxylic acid groups (broad SMARTS) is 1. The van der Waals surface area contributed by atoms with Crippen molar-refractivity contribution in [3.05, 3.63) is 34.9 Å². The lowest BCUT2D eigenvalue weighted by atomic mass is 10.1. The molecule has 0 saturated carbocycles. The lowest BCUT2D eigenvalue weighted by Crippen LogP contribution is -2.21. The molecule has 0 aromatic heterocycles. The number of benzene rings is 1. The van der Waals surface area contributed by atoms with E-state index in [-0.39, 0.29) is 6.42 Å². The van der Waals surface area contributed by atoms with Crippen LogP contribution >= 0.6 is 11.6 Å². The molecular weight excluding hydrogens is 192 g/mol. The number of hydrogen-bond donors (Lipinski definition) is 2. The Kier molecular flexibility index (Phi) is 3.28. The Morgan fingerprint density at radius 2 is 1.92 bits per heavy atom. The molecule has 1 aromatic rings. The average Bonchev–Trinajstić information content (AvgIpc) is 2.08. The first-order valence-corrected chi connectivity index (χ1v) is 4.12. The molecule has 0 bridgehead atoms. The van der Waals surface area contributed by atoms with Crippen LogP contribution in [0.3, 0.4) is 0 Å². The van der Waals surface area contributed by atoms with E-state index in [4.69, 9.17) is 21.8 Å². The van der Waals surface area contributed by atoms with E-state index in [1.165, 1.54) is 0 Å². The third-order valence-electron chi connectivity index (χ3n) is 1.63. The number of hydrogen-bond acceptors (Lipinski definition) is 2. The number of aliphatic hydroxyl groups is 1. The van der Waals surface area contributed by atoms with Gasteiger partial charge in [0.1, 0.15) is 0 Å². The van der Waals surface area contributed by atoms with Crippen LogP contribution in [0.1, 0.15) is 5.56 Å². The molecule has 0 aliphatic carbocycles. The van der Waals surface area contributed by atoms with Gasteiger partial charge in [-0.3, -0.25) is 0 Å². The fraction of sp³-hybridized carbons (Fsp3) is 0.222. The predicted octanol–water partition coefficient (Wildman–Crippen LogP) is 1.33. The Bertz CT molecular complexity index is 294. The third-order valence-corrected chi connectivity index (χ3v) is 1.88. The fourth-order valence-corrected chi connectivity index (χ4v) is 1.06. The van der Waals surface area contributed by atoms with Crippen molar-refractivity contribution in [2.45, 2.75) is 12.5 Å². The zero-order valence-corrected chi connectivity index (χ0v) is 7.53. The second-order valence-electron chi connectivity index (χ2n) is 2.68. The number of aliphatic hydroxyl groups excluding tert-OH is 1. The van der Waals surface area contributed by atoms with Gasteiger partial charge in [-0.25, -0.2) is 4.79 Å². The Morgan fingerprint density at radius 1 is 1.38 bits per heavy atom. The van der Waals surface area contributed by atoms with Crippen molar-refractivity contribution < 1.29 is 15.0 Å². The normalized spacial score (nSPS) is 12.5. The molecule has 3 nitrogen and oxygen atoms in total. The maximum absolute atomic E-state index is 10.3. The summed E-state index contributed by atoms with van der Waals surface area (Å²) in [5, 5.41) is 18.0. The number of carboxylic acids is 1. The van der Waals surface area contributed by atoms with Crippen LogP contribution in [0.4, 0.5) is 0 Å². The van der Waals surface area contributed by atoms with Crippen molar-refractivity contribution in [1.29, 1.82) is 0 Å². The van der Waals surface area contributed by atoms with Gasteiger partial charge in [-0.2, -0.15) is 0 Å². The SMILES string of the molecule is O=C(O)[C@@H](O)Cc1ccc(Cl)cc1. The molecule has 0 saturated heterocycles. The average molecular weight is 201 g/mol. The second-order valence-corrected chi connectivity index (χ2v) is 3.12. The van der Waals surface area contributed by atoms with Crippen molar-refractivity contribution >= 4 is 17.6 Å². The molecule has 0 aliphatic rings. The highest BCUT2D eigenvalue weighted by molar-refractivity contribution is 6.30. The van der Waals surface area contributed by atoms with Crippen LogP contribution in [0.15, 0.2) is 24.3 Å². The molecule has 0 fully saturated rings. The van der Waals surface area contributed by atoms with E-state index in [1.54, 1.807) is 24.3 Å². The van der Waals surface area contributed by atoms with Crippen molar-refractivity contribution in [1.82, 2.24) is 0 Å². The van der Waals surface area contributed by atoms with Gasteiger partial charge in [-0.15, -0.1) is 0 Å². The smallest absolute Gasteiger partial charge is 0.332 e. The van der Waals surface area contributed by atoms with Gasteiger partial charge in [0.05, 0.1) is 0 Å². The summed E-state index contributed by atoms with van der Waals surface area (Å²) < 4.78 is 0. The van der Waals surface area contributed by atoms with Gasteiger partial charge in [0.2, 0.25) is 0 Å². The van der Waals surface area contributed by atoms with E-state index in [0.29, 0.717) is 5.02 Å². The Hall–Kier alpha value is -1.06. The summed E-state index contributed by atoms with van der Waals surface area (Å²) in [5.41, 5.74) is 0.749. The van der Waals surface area contributed by atoms with Gasteiger partial charge in [0.15, 0.2) is 6.10 Å². The third kappa shape index (κ3) is 3.05. The van der Waals surface area contributed by atoms with Crippen LogP contribution in [0.5, 0.6) is 0 Å². The molecule has 70 valence electrons. The van der Waals surface area contributed by atoms with E-state index in [2.05, 4.69) is 0 Å². The molecule has 1 atom stereocenters. The zero-order valence-electron chi connectivity index (χ0n) is 6.77. The van der Waals surface area contributed by atoms with Crippen molar-refractivity contribution in [2.24, 2.45) is 0 Å². The first kappa shape index (κ1) is 10.0. The summed E-state index contributed by atoms with van der Waals surface area (Å²) in [5.74, 6) is -1.21. The number of halogens is 1. The minimum Gasteiger partial charge on any atom is -0.479 e. The quantitative estimate of drug-likeness (QED) is 0.774. The van der Waals surface area contributed by atoms with Gasteiger partial charge in [0, 0.05) is 11.4 Å². The largest absolute Gasteiger partial charge is 0.479 e. The summed E-state index contributed by atoms with van der Waals surface area (Å²) in [6.45, 7) is 0. The Morgan fingerprint density at radius 3 is 2.38 bits per heavy atom. The number of carbonyl (C=O) groups is 1. The van der Waals surface area contributed by atoms with E-state index in [0.717, 1.165) is 5.56 Å². The van der Waals surface area contributed by atoms with Gasteiger partial charge >= 0.3 is 5.97 Å². The van der Waals surface area contributed by atoms with Gasteiger partial charge in [0.25, 0.3) is 0 Å². The highest BCUT2D eigenvalue weighted by Gasteiger charge is 2.12. The summed E-state index contributed by atoms with van der Waals surface area (Å²) >= 11 is 5.63. The molecule has 2 N–H and O–H groups in total. The fourth-order valence-electron chi connectivity index (χ4n) is 0.931. The molecule has 0 spiro atoms. The summed E-state index contributed by atoms with van der Waals surface area (Å²) in [7, 11) is 0. The highest BCUT2D eigenvalue weighted by Crippen LogP contribution is 2.10. The zero-order chi connectivity index (χ0) is 9.84. The molecule has 0 heterocycles. The standard InChI is InChI=1S/C9H9ClO3/c10-7-3-1-6(2-4-7)5-8(11)9(12)13/h1-4,8,11H,5H2,(H,12,13)/t8-/m0/s1. The Balaban J connectivity index is 2.64. The first-order valence-electron chi connectivity index (χ1n) is 3.75. The van der Waals surface area contributed by atoms with Crippen LogP contribution in [-0.4, -0.2) is 22.3 Å². The molecule has 1 aromatic carbocycles. The second kappa shape index (κ2) is 4.25. The summed E-state index contributed by atoms with van der Waals surface area (Å²) in [4.78, 5) is 10.3. The van der Waals surface area contributed by atoms with Crippen LogP contribution < -0.4 is 0 Å². The van der Waals surface area contributed by atoms with Gasteiger partial charge < -0.3 is 10.2 Å². The summed E-state index contributed by atoms with van der Waals surface area (Å²) in [6.07, 6.45) is -1.24. The molecule has 0 radical (unpaired) electrons. The van der Waals surface area contributed by atoms with Crippen molar-refractivity contribution in [3.63, 3.8) is 0 Å². The molecule has 0 aliphatic heterocycles. The summed E-state index contributed by atoms with van der Waals surface area (Å²) in [6, 6.07) is 6.69. The minimum absolute atomic E-state index is 0.104. The van der Waals surface area contributed by atoms with Crippen LogP contribution in [0, 0.1) is 0 Å². The highest BCUT2D eigenvalue weighted by atomic mass is 35.5. The van der Waals surface area contributed by atoms with E-state index >= 15 is 0 Å². The molecule has 0 unspecified atom stereocenters. The predicted molar refractivity (Wildman–Crippen MR) is 48.8 cm³/mol. The van der Waals surface area contributed by atoms with Crippen LogP contribution in [-0.2, 0) is 11.2 Å². The van der Waals surface area contributed by atoms with E-state index in [9.17, 15) is 4.79 Å². The first-order chi connectivity index (χ1) is 6.09. The number of aliphatic carboxylic acids is 1. The van der Waals surface area contributed by atoms with E-state index < -0.39 is 12.1 Å². The van der Waals surface area contributed by atoms with E-state index in [1.807, 2.05) is 0 Å². The van der Waals surface area contributed by atoms with Crippen molar-refractivity contribution in [2.75, 3.05) is 0 Å². The lowest BCUT2D eigenvalue weighted by molar-refractivity contribution is -0.146. The molecule has 0 amide bonds. The Labute approximate surface area is 80.6 Å². The van der Waals surface area contributed by atoms with Gasteiger partial charge in [-0.1, -0.05) is 23.7 Å². The molecule has 4 heteroatoms. The maximum atomic E-state index is 10.3. The molecule has 13 heavy (non-hydrogen) atoms. The lowest BCUT2D eigenvalue weighted by Gasteiger charge is -2.04. The van der Waals surface area contributed by atoms with Crippen LogP contribution in [0.2, 0.25) is 5.02 Å². The van der Waals surface area contributed by atoms with Gasteiger partial charge in [-0.05, 0) is 17.7 Å². The molecule has 1 rings (SSSR count). The molecular formula is C9H9ClO3. The minimum atomic E-state index is -1.35.